The van der Waals surface area contributed by atoms with E-state index in [2.05, 4.69) is 21.9 Å². The topological polar surface area (TPSA) is 152 Å². The fraction of sp³-hybridized carbons (Fsp3) is 0.179. The number of pyridine rings is 1. The van der Waals surface area contributed by atoms with Crippen LogP contribution in [0.25, 0.3) is 33.5 Å². The van der Waals surface area contributed by atoms with Crippen LogP contribution in [0.2, 0.25) is 0 Å². The molecule has 3 aromatic heterocycles. The minimum Gasteiger partial charge on any atom is -0.465 e. The van der Waals surface area contributed by atoms with Gasteiger partial charge < -0.3 is 30.0 Å². The van der Waals surface area contributed by atoms with Crippen molar-refractivity contribution in [2.24, 2.45) is 0 Å². The number of carbonyl (C=O) groups excluding carboxylic acids is 1. The van der Waals surface area contributed by atoms with Crippen LogP contribution in [-0.4, -0.2) is 54.6 Å². The Kier molecular flexibility index (Phi) is 6.96. The highest BCUT2D eigenvalue weighted by atomic mass is 16.4. The molecular formula is C28H27N7O4. The minimum absolute atomic E-state index is 0.153. The first kappa shape index (κ1) is 25.5. The van der Waals surface area contributed by atoms with Gasteiger partial charge in [-0.1, -0.05) is 49.0 Å². The van der Waals surface area contributed by atoms with E-state index in [4.69, 9.17) is 15.1 Å². The number of anilines is 1. The Morgan fingerprint density at radius 3 is 2.56 bits per heavy atom. The Hall–Kier alpha value is -5.19. The monoisotopic (exact) mass is 525 g/mol. The second-order valence-corrected chi connectivity index (χ2v) is 9.16. The van der Waals surface area contributed by atoms with Crippen molar-refractivity contribution >= 4 is 39.8 Å². The van der Waals surface area contributed by atoms with Crippen molar-refractivity contribution < 1.29 is 19.1 Å². The Bertz CT molecular complexity index is 1670. The summed E-state index contributed by atoms with van der Waals surface area (Å²) >= 11 is 0. The number of benzene rings is 2. The number of hydrogen-bond donors (Lipinski definition) is 3. The summed E-state index contributed by atoms with van der Waals surface area (Å²) in [5.74, 6) is 0.629. The molecule has 5 rings (SSSR count). The van der Waals surface area contributed by atoms with Gasteiger partial charge in [0.2, 0.25) is 5.91 Å². The smallest absolute Gasteiger partial charge is 0.407 e. The molecule has 4 N–H and O–H groups in total. The van der Waals surface area contributed by atoms with Crippen LogP contribution < -0.4 is 11.1 Å². The first-order chi connectivity index (χ1) is 18.8. The number of nitrogens with zero attached hydrogens (tertiary/aromatic N) is 5. The summed E-state index contributed by atoms with van der Waals surface area (Å²) in [6.45, 7) is 6.17. The lowest BCUT2D eigenvalue weighted by Crippen LogP contribution is -2.37. The molecule has 11 nitrogen and oxygen atoms in total. The van der Waals surface area contributed by atoms with Gasteiger partial charge >= 0.3 is 6.09 Å². The van der Waals surface area contributed by atoms with Gasteiger partial charge in [-0.2, -0.15) is 0 Å². The molecule has 5 aromatic rings. The van der Waals surface area contributed by atoms with Gasteiger partial charge in [0.25, 0.3) is 0 Å². The van der Waals surface area contributed by atoms with Crippen LogP contribution in [-0.2, 0) is 17.9 Å². The van der Waals surface area contributed by atoms with Crippen LogP contribution in [0.4, 0.5) is 10.6 Å². The van der Waals surface area contributed by atoms with Gasteiger partial charge in [-0.15, -0.1) is 0 Å². The highest BCUT2D eigenvalue weighted by molar-refractivity contribution is 6.07. The van der Waals surface area contributed by atoms with Gasteiger partial charge in [-0.05, 0) is 24.1 Å². The van der Waals surface area contributed by atoms with Gasteiger partial charge in [0.15, 0.2) is 18.0 Å². The zero-order valence-corrected chi connectivity index (χ0v) is 21.3. The molecule has 0 bridgehead atoms. The quantitative estimate of drug-likeness (QED) is 0.244. The fourth-order valence-electron chi connectivity index (χ4n) is 4.38. The number of nitrogen functional groups attached to an aromatic ring is 1. The number of hydrogen-bond acceptors (Lipinski definition) is 7. The highest BCUT2D eigenvalue weighted by Gasteiger charge is 2.20. The second kappa shape index (κ2) is 10.7. The number of nitrogens with one attached hydrogen (secondary N) is 1. The highest BCUT2D eigenvalue weighted by Crippen LogP contribution is 2.32. The van der Waals surface area contributed by atoms with E-state index in [-0.39, 0.29) is 25.5 Å². The third-order valence-corrected chi connectivity index (χ3v) is 6.33. The standard InChI is InChI=1S/C28H27N7O4/c1-17(2)27(36)30-11-12-34(28(37)38)13-18-7-9-19(10-8-18)14-35-24-20-5-3-4-6-21(20)32-25(29)23(24)33-26(35)22-15-39-16-31-22/h3-10,15-16H,1,11-14H2,2H3,(H2,29,32)(H,30,36)(H,37,38). The summed E-state index contributed by atoms with van der Waals surface area (Å²) in [7, 11) is 0. The minimum atomic E-state index is -1.07. The summed E-state index contributed by atoms with van der Waals surface area (Å²) in [6, 6.07) is 15.4. The molecule has 0 unspecified atom stereocenters. The molecule has 0 saturated carbocycles. The summed E-state index contributed by atoms with van der Waals surface area (Å²) in [6.07, 6.45) is 1.82. The third-order valence-electron chi connectivity index (χ3n) is 6.33. The van der Waals surface area contributed by atoms with Crippen LogP contribution in [0.3, 0.4) is 0 Å². The molecule has 0 aliphatic rings. The Morgan fingerprint density at radius 1 is 1.13 bits per heavy atom. The largest absolute Gasteiger partial charge is 0.465 e. The van der Waals surface area contributed by atoms with Crippen molar-refractivity contribution in [2.75, 3.05) is 18.8 Å². The molecule has 0 spiro atoms. The molecule has 11 heteroatoms. The third kappa shape index (κ3) is 5.28. The number of carboxylic acid groups (broad SMARTS) is 1. The molecule has 0 aliphatic carbocycles. The molecule has 0 radical (unpaired) electrons. The zero-order chi connectivity index (χ0) is 27.5. The first-order valence-electron chi connectivity index (χ1n) is 12.2. The van der Waals surface area contributed by atoms with Gasteiger partial charge in [0.05, 0.1) is 11.0 Å². The molecule has 2 amide bonds. The van der Waals surface area contributed by atoms with E-state index in [1.54, 1.807) is 6.92 Å². The van der Waals surface area contributed by atoms with Gasteiger partial charge in [0, 0.05) is 37.1 Å². The van der Waals surface area contributed by atoms with Crippen molar-refractivity contribution in [2.45, 2.75) is 20.0 Å². The van der Waals surface area contributed by atoms with E-state index in [0.717, 1.165) is 27.5 Å². The summed E-state index contributed by atoms with van der Waals surface area (Å²) < 4.78 is 7.26. The molecule has 2 aromatic carbocycles. The lowest BCUT2D eigenvalue weighted by atomic mass is 10.1. The number of para-hydroxylation sites is 1. The van der Waals surface area contributed by atoms with Crippen molar-refractivity contribution in [3.8, 4) is 11.5 Å². The Balaban J connectivity index is 1.42. The number of aromatic nitrogens is 4. The molecule has 0 saturated heterocycles. The zero-order valence-electron chi connectivity index (χ0n) is 21.3. The number of amides is 2. The predicted octanol–water partition coefficient (Wildman–Crippen LogP) is 4.04. The molecule has 0 atom stereocenters. The van der Waals surface area contributed by atoms with E-state index in [9.17, 15) is 14.7 Å². The van der Waals surface area contributed by atoms with E-state index >= 15 is 0 Å². The van der Waals surface area contributed by atoms with E-state index < -0.39 is 6.09 Å². The van der Waals surface area contributed by atoms with Gasteiger partial charge in [0.1, 0.15) is 17.5 Å². The van der Waals surface area contributed by atoms with Crippen molar-refractivity contribution in [1.29, 1.82) is 0 Å². The molecule has 0 aliphatic heterocycles. The normalized spacial score (nSPS) is 11.1. The SMILES string of the molecule is C=C(C)C(=O)NCCN(Cc1ccc(Cn2c(-c3cocn3)nc3c(N)nc4ccccc4c32)cc1)C(=O)O. The van der Waals surface area contributed by atoms with Gasteiger partial charge in [-0.3, -0.25) is 4.79 Å². The summed E-state index contributed by atoms with van der Waals surface area (Å²) in [4.78, 5) is 38.3. The summed E-state index contributed by atoms with van der Waals surface area (Å²) in [5, 5.41) is 13.2. The number of fused-ring (bicyclic) bond motifs is 3. The average Bonchev–Trinajstić information content (AvgIpc) is 3.58. The number of carbonyl (C=O) groups is 2. The average molecular weight is 526 g/mol. The summed E-state index contributed by atoms with van der Waals surface area (Å²) in [5.41, 5.74) is 11.2. The maximum Gasteiger partial charge on any atom is 0.407 e. The second-order valence-electron chi connectivity index (χ2n) is 9.16. The fourth-order valence-corrected chi connectivity index (χ4v) is 4.38. The molecule has 0 fully saturated rings. The molecule has 198 valence electrons. The lowest BCUT2D eigenvalue weighted by Gasteiger charge is -2.20. The Morgan fingerprint density at radius 2 is 1.87 bits per heavy atom. The van der Waals surface area contributed by atoms with Crippen molar-refractivity contribution in [3.05, 3.63) is 84.5 Å². The van der Waals surface area contributed by atoms with Gasteiger partial charge in [-0.25, -0.2) is 19.7 Å². The maximum atomic E-state index is 11.8. The number of nitrogens with two attached hydrogens (primary N) is 1. The number of imidazole rings is 1. The molecule has 39 heavy (non-hydrogen) atoms. The number of rotatable bonds is 9. The van der Waals surface area contributed by atoms with E-state index in [0.29, 0.717) is 35.0 Å². The van der Waals surface area contributed by atoms with Crippen molar-refractivity contribution in [1.82, 2.24) is 29.7 Å². The van der Waals surface area contributed by atoms with Crippen LogP contribution in [0.5, 0.6) is 0 Å². The Labute approximate surface area is 223 Å². The van der Waals surface area contributed by atoms with E-state index in [1.165, 1.54) is 17.6 Å². The maximum absolute atomic E-state index is 11.8. The van der Waals surface area contributed by atoms with Crippen LogP contribution in [0.1, 0.15) is 18.1 Å². The van der Waals surface area contributed by atoms with Crippen LogP contribution >= 0.6 is 0 Å². The van der Waals surface area contributed by atoms with Crippen LogP contribution in [0.15, 0.2) is 77.8 Å². The molecule has 3 heterocycles. The number of oxazole rings is 1. The van der Waals surface area contributed by atoms with E-state index in [1.807, 2.05) is 53.1 Å². The lowest BCUT2D eigenvalue weighted by molar-refractivity contribution is -0.117. The predicted molar refractivity (Wildman–Crippen MR) is 147 cm³/mol. The van der Waals surface area contributed by atoms with Crippen LogP contribution in [0, 0.1) is 0 Å². The van der Waals surface area contributed by atoms with Crippen molar-refractivity contribution in [3.63, 3.8) is 0 Å². The molecular weight excluding hydrogens is 498 g/mol. The first-order valence-corrected chi connectivity index (χ1v) is 12.2.